The van der Waals surface area contributed by atoms with Gasteiger partial charge in [-0.15, -0.1) is 0 Å². The lowest BCUT2D eigenvalue weighted by Crippen LogP contribution is -2.49. The molecule has 190 valence electrons. The summed E-state index contributed by atoms with van der Waals surface area (Å²) in [6, 6.07) is 8.48. The summed E-state index contributed by atoms with van der Waals surface area (Å²) >= 11 is 0. The Kier molecular flexibility index (Phi) is 7.09. The third-order valence-electron chi connectivity index (χ3n) is 6.88. The molecule has 2 fully saturated rings. The number of aromatic nitrogens is 1. The number of carbonyl (C=O) groups is 1. The van der Waals surface area contributed by atoms with Crippen LogP contribution in [0.25, 0.3) is 0 Å². The average molecular weight is 494 g/mol. The van der Waals surface area contributed by atoms with Gasteiger partial charge in [-0.2, -0.15) is 13.2 Å². The Morgan fingerprint density at radius 3 is 2.31 bits per heavy atom. The number of aromatic amines is 1. The highest BCUT2D eigenvalue weighted by atomic mass is 19.4. The maximum atomic E-state index is 13.1. The highest BCUT2D eigenvalue weighted by Gasteiger charge is 2.54. The first-order valence-corrected chi connectivity index (χ1v) is 11.7. The molecule has 4 N–H and O–H groups in total. The van der Waals surface area contributed by atoms with Crippen LogP contribution in [-0.4, -0.2) is 71.9 Å². The molecule has 4 rings (SSSR count). The van der Waals surface area contributed by atoms with Crippen LogP contribution in [0.4, 0.5) is 30.2 Å². The predicted molar refractivity (Wildman–Crippen MR) is 128 cm³/mol. The number of rotatable bonds is 5. The number of likely N-dealkylation sites (N-methyl/N-ethyl adjacent to an activating group) is 1. The molecule has 1 saturated carbocycles. The minimum atomic E-state index is -4.69. The van der Waals surface area contributed by atoms with E-state index in [1.807, 2.05) is 12.1 Å². The van der Waals surface area contributed by atoms with E-state index >= 15 is 0 Å². The van der Waals surface area contributed by atoms with E-state index in [9.17, 15) is 27.9 Å². The highest BCUT2D eigenvalue weighted by molar-refractivity contribution is 6.07. The van der Waals surface area contributed by atoms with Crippen molar-refractivity contribution in [2.45, 2.75) is 43.5 Å². The molecule has 1 saturated heterocycles. The van der Waals surface area contributed by atoms with Gasteiger partial charge in [-0.05, 0) is 63.1 Å². The lowest BCUT2D eigenvalue weighted by molar-refractivity contribution is -0.269. The number of aliphatic hydroxyl groups is 1. The monoisotopic (exact) mass is 493 g/mol. The van der Waals surface area contributed by atoms with E-state index in [0.29, 0.717) is 5.69 Å². The van der Waals surface area contributed by atoms with Crippen molar-refractivity contribution in [3.05, 3.63) is 52.4 Å². The van der Waals surface area contributed by atoms with Crippen LogP contribution in [0, 0.1) is 0 Å². The molecule has 2 heterocycles. The topological polar surface area (TPSA) is 101 Å². The van der Waals surface area contributed by atoms with Gasteiger partial charge in [0.2, 0.25) is 0 Å². The van der Waals surface area contributed by atoms with E-state index in [1.165, 1.54) is 12.3 Å². The van der Waals surface area contributed by atoms with Crippen LogP contribution in [0.3, 0.4) is 0 Å². The number of amides is 1. The van der Waals surface area contributed by atoms with Gasteiger partial charge in [0.05, 0.1) is 5.69 Å². The Balaban J connectivity index is 1.42. The Morgan fingerprint density at radius 2 is 1.71 bits per heavy atom. The second-order valence-corrected chi connectivity index (χ2v) is 9.33. The van der Waals surface area contributed by atoms with Crippen LogP contribution >= 0.6 is 0 Å². The van der Waals surface area contributed by atoms with Gasteiger partial charge in [0.1, 0.15) is 5.56 Å². The lowest BCUT2D eigenvalue weighted by atomic mass is 9.81. The molecule has 35 heavy (non-hydrogen) atoms. The third-order valence-corrected chi connectivity index (χ3v) is 6.88. The Hall–Kier alpha value is -3.05. The predicted octanol–water partition coefficient (Wildman–Crippen LogP) is 3.03. The molecule has 0 spiro atoms. The summed E-state index contributed by atoms with van der Waals surface area (Å²) in [5.41, 5.74) is -1.64. The van der Waals surface area contributed by atoms with Gasteiger partial charge >= 0.3 is 6.18 Å². The van der Waals surface area contributed by atoms with E-state index in [4.69, 9.17) is 0 Å². The molecule has 0 radical (unpaired) electrons. The normalized spacial score (nSPS) is 23.7. The summed E-state index contributed by atoms with van der Waals surface area (Å²) in [6.07, 6.45) is -4.10. The summed E-state index contributed by atoms with van der Waals surface area (Å²) in [5.74, 6) is -0.621. The highest BCUT2D eigenvalue weighted by Crippen LogP contribution is 2.42. The second-order valence-electron chi connectivity index (χ2n) is 9.33. The molecule has 8 nitrogen and oxygen atoms in total. The molecule has 11 heteroatoms. The molecule has 1 amide bonds. The fraction of sp³-hybridized carbons (Fsp3) is 0.500. The number of hydrogen-bond acceptors (Lipinski definition) is 6. The zero-order valence-corrected chi connectivity index (χ0v) is 19.5. The number of pyridine rings is 1. The largest absolute Gasteiger partial charge is 0.417 e. The number of piperazine rings is 1. The Labute approximate surface area is 201 Å². The maximum absolute atomic E-state index is 13.1. The number of nitrogens with one attached hydrogen (secondary N) is 3. The molecule has 1 aliphatic heterocycles. The SMILES string of the molecule is CN1CCN(c2ccc(NC(=O)c3c(NC4CCC(O)(C(F)(F)F)CC4)cc[nH]c3=O)cc2)CC1. The number of nitrogens with zero attached hydrogens (tertiary/aromatic N) is 2. The summed E-state index contributed by atoms with van der Waals surface area (Å²) < 4.78 is 39.2. The van der Waals surface area contributed by atoms with Gasteiger partial charge < -0.3 is 30.5 Å². The summed E-state index contributed by atoms with van der Waals surface area (Å²) in [5, 5.41) is 15.6. The molecular weight excluding hydrogens is 463 g/mol. The molecule has 1 aliphatic carbocycles. The van der Waals surface area contributed by atoms with E-state index in [-0.39, 0.29) is 24.1 Å². The molecule has 1 aromatic carbocycles. The maximum Gasteiger partial charge on any atom is 0.417 e. The van der Waals surface area contributed by atoms with Gasteiger partial charge in [-0.25, -0.2) is 0 Å². The standard InChI is InChI=1S/C24H30F3N5O3/c1-31-12-14-32(15-13-31)18-4-2-16(3-5-18)30-22(34)20-19(8-11-28-21(20)33)29-17-6-9-23(35,10-7-17)24(25,26)27/h2-5,8,11,17,35H,6-7,9-10,12-15H2,1H3,(H,30,34)(H2,28,29,33). The molecule has 0 atom stereocenters. The number of alkyl halides is 3. The van der Waals surface area contributed by atoms with Crippen molar-refractivity contribution in [3.8, 4) is 0 Å². The number of H-pyrrole nitrogens is 1. The smallest absolute Gasteiger partial charge is 0.381 e. The summed E-state index contributed by atoms with van der Waals surface area (Å²) in [7, 11) is 2.08. The minimum Gasteiger partial charge on any atom is -0.381 e. The molecule has 2 aromatic rings. The molecule has 0 unspecified atom stereocenters. The van der Waals surface area contributed by atoms with E-state index in [0.717, 1.165) is 31.9 Å². The van der Waals surface area contributed by atoms with Gasteiger partial charge in [-0.3, -0.25) is 9.59 Å². The van der Waals surface area contributed by atoms with Gasteiger partial charge in [0.15, 0.2) is 5.60 Å². The Bertz CT molecular complexity index is 1090. The number of halogens is 3. The first-order chi connectivity index (χ1) is 16.6. The average Bonchev–Trinajstić information content (AvgIpc) is 2.81. The van der Waals surface area contributed by atoms with Crippen LogP contribution in [0.2, 0.25) is 0 Å². The van der Waals surface area contributed by atoms with Crippen LogP contribution in [0.1, 0.15) is 36.0 Å². The molecule has 1 aromatic heterocycles. The van der Waals surface area contributed by atoms with Gasteiger partial charge in [0, 0.05) is 49.8 Å². The van der Waals surface area contributed by atoms with Crippen LogP contribution < -0.4 is 21.1 Å². The van der Waals surface area contributed by atoms with Crippen molar-refractivity contribution < 1.29 is 23.1 Å². The van der Waals surface area contributed by atoms with Crippen LogP contribution in [-0.2, 0) is 0 Å². The molecule has 0 bridgehead atoms. The number of anilines is 3. The van der Waals surface area contributed by atoms with Gasteiger partial charge in [0.25, 0.3) is 11.5 Å². The first kappa shape index (κ1) is 25.1. The number of hydrogen-bond donors (Lipinski definition) is 4. The number of carbonyl (C=O) groups excluding carboxylic acids is 1. The van der Waals surface area contributed by atoms with E-state index in [2.05, 4.69) is 32.5 Å². The van der Waals surface area contributed by atoms with Crippen molar-refractivity contribution in [2.24, 2.45) is 0 Å². The second kappa shape index (κ2) is 9.90. The quantitative estimate of drug-likeness (QED) is 0.511. The van der Waals surface area contributed by atoms with E-state index < -0.39 is 42.1 Å². The van der Waals surface area contributed by atoms with E-state index in [1.54, 1.807) is 12.1 Å². The summed E-state index contributed by atoms with van der Waals surface area (Å²) in [4.78, 5) is 32.5. The first-order valence-electron chi connectivity index (χ1n) is 11.7. The summed E-state index contributed by atoms with van der Waals surface area (Å²) in [6.45, 7) is 3.78. The van der Waals surface area contributed by atoms with Gasteiger partial charge in [-0.1, -0.05) is 0 Å². The van der Waals surface area contributed by atoms with Crippen molar-refractivity contribution in [1.82, 2.24) is 9.88 Å². The fourth-order valence-corrected chi connectivity index (χ4v) is 4.58. The molecular formula is C24H30F3N5O3. The van der Waals surface area contributed by atoms with Crippen molar-refractivity contribution >= 4 is 23.0 Å². The zero-order valence-electron chi connectivity index (χ0n) is 19.5. The fourth-order valence-electron chi connectivity index (χ4n) is 4.58. The zero-order chi connectivity index (χ0) is 25.2. The van der Waals surface area contributed by atoms with Crippen LogP contribution in [0.5, 0.6) is 0 Å². The minimum absolute atomic E-state index is 0.0532. The van der Waals surface area contributed by atoms with Crippen molar-refractivity contribution in [2.75, 3.05) is 48.8 Å². The lowest BCUT2D eigenvalue weighted by Gasteiger charge is -2.37. The Morgan fingerprint density at radius 1 is 1.09 bits per heavy atom. The number of benzene rings is 1. The van der Waals surface area contributed by atoms with Crippen molar-refractivity contribution in [1.29, 1.82) is 0 Å². The molecule has 2 aliphatic rings. The third kappa shape index (κ3) is 5.62. The van der Waals surface area contributed by atoms with Crippen molar-refractivity contribution in [3.63, 3.8) is 0 Å². The van der Waals surface area contributed by atoms with Crippen LogP contribution in [0.15, 0.2) is 41.3 Å².